The molecule has 0 heterocycles. The van der Waals surface area contributed by atoms with Crippen molar-refractivity contribution in [2.45, 2.75) is 55.8 Å². The summed E-state index contributed by atoms with van der Waals surface area (Å²) in [6.07, 6.45) is 6.40. The number of alkyl halides is 3. The predicted molar refractivity (Wildman–Crippen MR) is 50.0 cm³/mol. The van der Waals surface area contributed by atoms with E-state index in [0.29, 0.717) is 5.32 Å². The van der Waals surface area contributed by atoms with Crippen LogP contribution >= 0.6 is 0 Å². The third kappa shape index (κ3) is 12.3. The van der Waals surface area contributed by atoms with Gasteiger partial charge < -0.3 is 0 Å². The Morgan fingerprint density at radius 3 is 2.00 bits per heavy atom. The number of hydrogen-bond donors (Lipinski definition) is 0. The number of rotatable bonds is 7. The molecule has 4 heteroatoms. The Morgan fingerprint density at radius 1 is 0.923 bits per heavy atom. The van der Waals surface area contributed by atoms with E-state index >= 15 is 0 Å². The van der Waals surface area contributed by atoms with Crippen molar-refractivity contribution < 1.29 is 13.2 Å². The third-order valence-corrected chi connectivity index (χ3v) is 3.48. The molecule has 0 atom stereocenters. The molecule has 0 aliphatic heterocycles. The van der Waals surface area contributed by atoms with Crippen molar-refractivity contribution in [1.82, 2.24) is 0 Å². The molecule has 0 unspecified atom stereocenters. The normalized spacial score (nSPS) is 12.0. The summed E-state index contributed by atoms with van der Waals surface area (Å²) in [4.78, 5) is 0. The first-order valence-corrected chi connectivity index (χ1v) is 6.83. The van der Waals surface area contributed by atoms with Crippen LogP contribution in [-0.2, 0) is 0 Å². The Morgan fingerprint density at radius 2 is 1.46 bits per heavy atom. The van der Waals surface area contributed by atoms with Gasteiger partial charge in [-0.25, -0.2) is 0 Å². The molecular weight excluding hydrogens is 244 g/mol. The Bertz CT molecular complexity index is 112. The van der Waals surface area contributed by atoms with Crippen LogP contribution in [0.1, 0.15) is 45.4 Å². The van der Waals surface area contributed by atoms with Crippen LogP contribution in [0.25, 0.3) is 0 Å². The van der Waals surface area contributed by atoms with Crippen molar-refractivity contribution >= 4 is 15.0 Å². The van der Waals surface area contributed by atoms with E-state index in [-0.39, 0.29) is 0 Å². The predicted octanol–water partition coefficient (Wildman–Crippen LogP) is 3.99. The van der Waals surface area contributed by atoms with Gasteiger partial charge >= 0.3 is 84.0 Å². The zero-order chi connectivity index (χ0) is 10.2. The topological polar surface area (TPSA) is 0 Å². The van der Waals surface area contributed by atoms with E-state index < -0.39 is 20.0 Å². The van der Waals surface area contributed by atoms with Gasteiger partial charge in [-0.15, -0.1) is 0 Å². The van der Waals surface area contributed by atoms with Crippen LogP contribution in [0.4, 0.5) is 13.2 Å². The average Bonchev–Trinajstić information content (AvgIpc) is 2.01. The van der Waals surface area contributed by atoms with Gasteiger partial charge in [0.25, 0.3) is 0 Å². The van der Waals surface area contributed by atoms with Crippen LogP contribution in [0.15, 0.2) is 0 Å². The van der Waals surface area contributed by atoms with Gasteiger partial charge in [0.15, 0.2) is 0 Å². The summed E-state index contributed by atoms with van der Waals surface area (Å²) in [6, 6.07) is 0. The van der Waals surface area contributed by atoms with Crippen molar-refractivity contribution in [2.24, 2.45) is 0 Å². The van der Waals surface area contributed by atoms with Crippen LogP contribution in [0.5, 0.6) is 0 Å². The van der Waals surface area contributed by atoms with Crippen LogP contribution < -0.4 is 0 Å². The molecule has 0 saturated heterocycles. The van der Waals surface area contributed by atoms with E-state index in [9.17, 15) is 13.2 Å². The minimum absolute atomic E-state index is 0.364. The molecule has 0 N–H and O–H groups in total. The van der Waals surface area contributed by atoms with Gasteiger partial charge in [0.1, 0.15) is 0 Å². The van der Waals surface area contributed by atoms with Crippen molar-refractivity contribution in [2.75, 3.05) is 0 Å². The van der Waals surface area contributed by atoms with Crippen LogP contribution in [-0.4, -0.2) is 20.0 Å². The van der Waals surface area contributed by atoms with Gasteiger partial charge in [0.2, 0.25) is 0 Å². The summed E-state index contributed by atoms with van der Waals surface area (Å²) in [5, 5.41) is -3.53. The molecule has 0 aliphatic carbocycles. The van der Waals surface area contributed by atoms with Crippen LogP contribution in [0.2, 0.25) is 5.32 Å². The van der Waals surface area contributed by atoms with Gasteiger partial charge in [-0.2, -0.15) is 0 Å². The molecule has 0 fully saturated rings. The van der Waals surface area contributed by atoms with E-state index in [4.69, 9.17) is 0 Å². The van der Waals surface area contributed by atoms with Crippen molar-refractivity contribution in [3.63, 3.8) is 0 Å². The summed E-state index contributed by atoms with van der Waals surface area (Å²) in [7, 11) is 0. The second-order valence-corrected chi connectivity index (χ2v) is 5.50. The molecule has 0 aromatic heterocycles. The van der Waals surface area contributed by atoms with E-state index in [1.807, 2.05) is 0 Å². The number of hydrogen-bond acceptors (Lipinski definition) is 0. The van der Waals surface area contributed by atoms with Gasteiger partial charge in [-0.05, 0) is 0 Å². The van der Waals surface area contributed by atoms with E-state index in [1.54, 1.807) is 0 Å². The van der Waals surface area contributed by atoms with Crippen molar-refractivity contribution in [1.29, 1.82) is 0 Å². The first-order valence-electron chi connectivity index (χ1n) is 4.77. The Hall–Kier alpha value is 0.309. The van der Waals surface area contributed by atoms with Gasteiger partial charge in [0.05, 0.1) is 0 Å². The first kappa shape index (κ1) is 13.3. The summed E-state index contributed by atoms with van der Waals surface area (Å²) in [5.74, 6) is 0. The first-order chi connectivity index (χ1) is 6.06. The molecular formula is C9H17F3Se. The summed E-state index contributed by atoms with van der Waals surface area (Å²) < 4.78 is 35.1. The van der Waals surface area contributed by atoms with Crippen molar-refractivity contribution in [3.05, 3.63) is 0 Å². The van der Waals surface area contributed by atoms with Crippen LogP contribution in [0, 0.1) is 0 Å². The molecule has 80 valence electrons. The summed E-state index contributed by atoms with van der Waals surface area (Å²) in [5.41, 5.74) is 0. The molecule has 0 spiro atoms. The standard InChI is InChI=1S/C9H17F3Se/c1-2-3-4-5-6-7-8-13-9(10,11)12/h2-8H2,1H3. The molecule has 13 heavy (non-hydrogen) atoms. The molecule has 0 amide bonds. The Kier molecular flexibility index (Phi) is 7.87. The van der Waals surface area contributed by atoms with Crippen molar-refractivity contribution in [3.8, 4) is 0 Å². The van der Waals surface area contributed by atoms with E-state index in [1.165, 1.54) is 19.3 Å². The van der Waals surface area contributed by atoms with Crippen LogP contribution in [0.3, 0.4) is 0 Å². The monoisotopic (exact) mass is 262 g/mol. The Labute approximate surface area is 84.4 Å². The average molecular weight is 261 g/mol. The zero-order valence-electron chi connectivity index (χ0n) is 7.99. The molecule has 0 aromatic rings. The maximum atomic E-state index is 11.7. The number of unbranched alkanes of at least 4 members (excludes halogenated alkanes) is 5. The second-order valence-electron chi connectivity index (χ2n) is 3.06. The molecule has 0 aliphatic rings. The fraction of sp³-hybridized carbons (Fsp3) is 1.00. The second kappa shape index (κ2) is 7.69. The molecule has 0 aromatic carbocycles. The third-order valence-electron chi connectivity index (χ3n) is 1.76. The molecule has 0 bridgehead atoms. The zero-order valence-corrected chi connectivity index (χ0v) is 9.70. The Balaban J connectivity index is 3.00. The maximum absolute atomic E-state index is 11.7. The fourth-order valence-corrected chi connectivity index (χ4v) is 2.29. The van der Waals surface area contributed by atoms with Gasteiger partial charge in [-0.3, -0.25) is 0 Å². The molecule has 0 rings (SSSR count). The van der Waals surface area contributed by atoms with E-state index in [2.05, 4.69) is 6.92 Å². The van der Waals surface area contributed by atoms with E-state index in [0.717, 1.165) is 19.3 Å². The molecule has 0 nitrogen and oxygen atoms in total. The SMILES string of the molecule is CCCCCCCC[Se]C(F)(F)F. The van der Waals surface area contributed by atoms with Gasteiger partial charge in [-0.1, -0.05) is 0 Å². The number of halogens is 3. The summed E-state index contributed by atoms with van der Waals surface area (Å²) in [6.45, 7) is 2.13. The fourth-order valence-electron chi connectivity index (χ4n) is 1.07. The van der Waals surface area contributed by atoms with Gasteiger partial charge in [0, 0.05) is 0 Å². The summed E-state index contributed by atoms with van der Waals surface area (Å²) >= 11 is -1.14. The quantitative estimate of drug-likeness (QED) is 0.480. The molecule has 0 radical (unpaired) electrons. The molecule has 0 saturated carbocycles. The minimum atomic E-state index is -3.89.